The second-order valence-electron chi connectivity index (χ2n) is 4.21. The molecule has 1 rings (SSSR count). The van der Waals surface area contributed by atoms with Crippen LogP contribution in [0.1, 0.15) is 19.4 Å². The lowest BCUT2D eigenvalue weighted by atomic mass is 10.2. The summed E-state index contributed by atoms with van der Waals surface area (Å²) in [7, 11) is 0. The first-order valence-electron chi connectivity index (χ1n) is 5.73. The van der Waals surface area contributed by atoms with E-state index in [1.165, 1.54) is 5.56 Å². The van der Waals surface area contributed by atoms with E-state index in [-0.39, 0.29) is 11.9 Å². The van der Waals surface area contributed by atoms with Crippen molar-refractivity contribution in [2.24, 2.45) is 27.2 Å². The number of hydrogen-bond acceptors (Lipinski definition) is 2. The van der Waals surface area contributed by atoms with Crippen LogP contribution in [0.25, 0.3) is 0 Å². The van der Waals surface area contributed by atoms with Gasteiger partial charge in [-0.2, -0.15) is 4.99 Å². The molecule has 18 heavy (non-hydrogen) atoms. The van der Waals surface area contributed by atoms with Crippen LogP contribution in [0.2, 0.25) is 0 Å². The Morgan fingerprint density at radius 3 is 2.28 bits per heavy atom. The van der Waals surface area contributed by atoms with Gasteiger partial charge in [0.2, 0.25) is 5.96 Å². The van der Waals surface area contributed by atoms with Crippen molar-refractivity contribution in [1.82, 2.24) is 5.32 Å². The summed E-state index contributed by atoms with van der Waals surface area (Å²) in [5, 5.41) is 3.33. The molecule has 6 nitrogen and oxygen atoms in total. The molecule has 0 saturated heterocycles. The molecule has 0 aliphatic heterocycles. The van der Waals surface area contributed by atoms with Gasteiger partial charge < -0.3 is 22.5 Å². The molecule has 0 heterocycles. The van der Waals surface area contributed by atoms with Crippen LogP contribution in [0, 0.1) is 0 Å². The highest BCUT2D eigenvalue weighted by Crippen LogP contribution is 2.13. The predicted octanol–water partition coefficient (Wildman–Crippen LogP) is 0.404. The maximum Gasteiger partial charge on any atom is 0.223 e. The number of nitrogens with zero attached hydrogens (tertiary/aromatic N) is 2. The van der Waals surface area contributed by atoms with Crippen LogP contribution in [-0.2, 0) is 6.54 Å². The highest BCUT2D eigenvalue weighted by molar-refractivity contribution is 5.93. The minimum Gasteiger partial charge on any atom is -0.370 e. The van der Waals surface area contributed by atoms with E-state index in [1.807, 2.05) is 24.3 Å². The average Bonchev–Trinajstić information content (AvgIpc) is 2.26. The van der Waals surface area contributed by atoms with Gasteiger partial charge in [0, 0.05) is 12.6 Å². The Hall–Kier alpha value is -2.08. The lowest BCUT2D eigenvalue weighted by Crippen LogP contribution is -2.26. The van der Waals surface area contributed by atoms with Gasteiger partial charge in [-0.1, -0.05) is 26.0 Å². The number of aliphatic imine (C=N–C) groups is 2. The molecule has 0 aromatic heterocycles. The van der Waals surface area contributed by atoms with E-state index in [9.17, 15) is 0 Å². The highest BCUT2D eigenvalue weighted by atomic mass is 15.1. The molecule has 0 spiro atoms. The maximum atomic E-state index is 5.53. The molecule has 0 bridgehead atoms. The van der Waals surface area contributed by atoms with Gasteiger partial charge in [-0.15, -0.1) is 0 Å². The minimum atomic E-state index is -0.103. The minimum absolute atomic E-state index is 0.0445. The fourth-order valence-electron chi connectivity index (χ4n) is 1.30. The molecule has 0 saturated carbocycles. The summed E-state index contributed by atoms with van der Waals surface area (Å²) in [4.78, 5) is 7.70. The summed E-state index contributed by atoms with van der Waals surface area (Å²) in [6.07, 6.45) is 0. The largest absolute Gasteiger partial charge is 0.370 e. The fraction of sp³-hybridized carbons (Fsp3) is 0.333. The first-order chi connectivity index (χ1) is 8.47. The molecule has 0 radical (unpaired) electrons. The second kappa shape index (κ2) is 6.61. The van der Waals surface area contributed by atoms with Gasteiger partial charge in [0.05, 0.1) is 5.69 Å². The Balaban J connectivity index is 2.68. The molecule has 0 unspecified atom stereocenters. The van der Waals surface area contributed by atoms with Crippen LogP contribution in [0.3, 0.4) is 0 Å². The molecule has 0 fully saturated rings. The normalized spacial score (nSPS) is 11.6. The number of rotatable bonds is 4. The van der Waals surface area contributed by atoms with E-state index in [4.69, 9.17) is 17.2 Å². The van der Waals surface area contributed by atoms with E-state index in [2.05, 4.69) is 29.1 Å². The third kappa shape index (κ3) is 5.31. The Morgan fingerprint density at radius 2 is 1.78 bits per heavy atom. The van der Waals surface area contributed by atoms with Gasteiger partial charge in [-0.25, -0.2) is 4.99 Å². The number of guanidine groups is 2. The fourth-order valence-corrected chi connectivity index (χ4v) is 1.30. The molecular formula is C12H20N6. The third-order valence-corrected chi connectivity index (χ3v) is 2.14. The van der Waals surface area contributed by atoms with Crippen LogP contribution >= 0.6 is 0 Å². The van der Waals surface area contributed by atoms with E-state index in [0.717, 1.165) is 6.54 Å². The summed E-state index contributed by atoms with van der Waals surface area (Å²) in [6, 6.07) is 8.16. The Bertz CT molecular complexity index is 428. The molecule has 0 aliphatic carbocycles. The first-order valence-corrected chi connectivity index (χ1v) is 5.73. The summed E-state index contributed by atoms with van der Waals surface area (Å²) in [5.41, 5.74) is 17.8. The first kappa shape index (κ1) is 14.0. The van der Waals surface area contributed by atoms with Crippen LogP contribution in [0.5, 0.6) is 0 Å². The third-order valence-electron chi connectivity index (χ3n) is 2.14. The van der Waals surface area contributed by atoms with Crippen molar-refractivity contribution < 1.29 is 0 Å². The van der Waals surface area contributed by atoms with Gasteiger partial charge in [0.15, 0.2) is 5.96 Å². The van der Waals surface area contributed by atoms with Crippen molar-refractivity contribution in [3.05, 3.63) is 29.8 Å². The molecule has 0 aliphatic rings. The molecule has 0 amide bonds. The molecule has 98 valence electrons. The molecule has 1 aromatic carbocycles. The number of nitrogens with one attached hydrogen (secondary N) is 1. The molecule has 7 N–H and O–H groups in total. The standard InChI is InChI=1S/C12H20N6/c1-8(2)16-7-9-3-5-10(6-4-9)17-12(15)18-11(13)14/h3-6,8,16H,7H2,1-2H3,(H6,13,14,15,17,18). The van der Waals surface area contributed by atoms with E-state index in [1.54, 1.807) is 0 Å². The van der Waals surface area contributed by atoms with Gasteiger partial charge >= 0.3 is 0 Å². The van der Waals surface area contributed by atoms with Gasteiger partial charge in [-0.3, -0.25) is 0 Å². The number of nitrogens with two attached hydrogens (primary N) is 3. The van der Waals surface area contributed by atoms with Crippen molar-refractivity contribution in [1.29, 1.82) is 0 Å². The molecule has 1 aromatic rings. The zero-order valence-corrected chi connectivity index (χ0v) is 10.7. The monoisotopic (exact) mass is 248 g/mol. The van der Waals surface area contributed by atoms with Crippen molar-refractivity contribution >= 4 is 17.6 Å². The second-order valence-corrected chi connectivity index (χ2v) is 4.21. The summed E-state index contributed by atoms with van der Waals surface area (Å²) in [5.74, 6) is -0.0583. The van der Waals surface area contributed by atoms with Crippen molar-refractivity contribution in [3.63, 3.8) is 0 Å². The zero-order valence-electron chi connectivity index (χ0n) is 10.7. The molecule has 6 heteroatoms. The van der Waals surface area contributed by atoms with Crippen LogP contribution in [-0.4, -0.2) is 18.0 Å². The van der Waals surface area contributed by atoms with Crippen LogP contribution < -0.4 is 22.5 Å². The lowest BCUT2D eigenvalue weighted by Gasteiger charge is -2.07. The van der Waals surface area contributed by atoms with E-state index >= 15 is 0 Å². The zero-order chi connectivity index (χ0) is 13.5. The lowest BCUT2D eigenvalue weighted by molar-refractivity contribution is 0.589. The summed E-state index contributed by atoms with van der Waals surface area (Å²) >= 11 is 0. The SMILES string of the molecule is CC(C)NCc1ccc(N=C(N)N=C(N)N)cc1. The van der Waals surface area contributed by atoms with Crippen LogP contribution in [0.4, 0.5) is 5.69 Å². The topological polar surface area (TPSA) is 115 Å². The van der Waals surface area contributed by atoms with Crippen molar-refractivity contribution in [3.8, 4) is 0 Å². The Labute approximate surface area is 107 Å². The van der Waals surface area contributed by atoms with E-state index in [0.29, 0.717) is 11.7 Å². The predicted molar refractivity (Wildman–Crippen MR) is 75.5 cm³/mol. The Kier molecular flexibility index (Phi) is 5.13. The highest BCUT2D eigenvalue weighted by Gasteiger charge is 1.96. The summed E-state index contributed by atoms with van der Waals surface area (Å²) in [6.45, 7) is 5.04. The number of hydrogen-bond donors (Lipinski definition) is 4. The summed E-state index contributed by atoms with van der Waals surface area (Å²) < 4.78 is 0. The van der Waals surface area contributed by atoms with E-state index < -0.39 is 0 Å². The van der Waals surface area contributed by atoms with Gasteiger partial charge in [0.25, 0.3) is 0 Å². The Morgan fingerprint density at radius 1 is 1.17 bits per heavy atom. The molecule has 0 atom stereocenters. The van der Waals surface area contributed by atoms with Crippen molar-refractivity contribution in [2.75, 3.05) is 0 Å². The average molecular weight is 248 g/mol. The number of benzene rings is 1. The maximum absolute atomic E-state index is 5.53. The molecular weight excluding hydrogens is 228 g/mol. The quantitative estimate of drug-likeness (QED) is 0.456. The van der Waals surface area contributed by atoms with Crippen LogP contribution in [0.15, 0.2) is 34.3 Å². The van der Waals surface area contributed by atoms with Gasteiger partial charge in [-0.05, 0) is 17.7 Å². The van der Waals surface area contributed by atoms with Gasteiger partial charge in [0.1, 0.15) is 0 Å². The van der Waals surface area contributed by atoms with Crippen molar-refractivity contribution in [2.45, 2.75) is 26.4 Å². The smallest absolute Gasteiger partial charge is 0.223 e.